The highest BCUT2D eigenvalue weighted by molar-refractivity contribution is 5.75. The molecule has 3 heteroatoms. The van der Waals surface area contributed by atoms with Gasteiger partial charge in [-0.3, -0.25) is 0 Å². The van der Waals surface area contributed by atoms with Crippen LogP contribution in [0.2, 0.25) is 0 Å². The van der Waals surface area contributed by atoms with Crippen LogP contribution in [0.5, 0.6) is 0 Å². The second kappa shape index (κ2) is 3.81. The summed E-state index contributed by atoms with van der Waals surface area (Å²) in [5.74, 6) is 0.198. The van der Waals surface area contributed by atoms with E-state index in [2.05, 4.69) is 9.97 Å². The number of aryl methyl sites for hydroxylation is 1. The van der Waals surface area contributed by atoms with Gasteiger partial charge in [0.2, 0.25) is 0 Å². The van der Waals surface area contributed by atoms with E-state index in [9.17, 15) is 4.79 Å². The van der Waals surface area contributed by atoms with E-state index in [0.717, 1.165) is 12.1 Å². The summed E-state index contributed by atoms with van der Waals surface area (Å²) in [7, 11) is 0. The molecule has 0 saturated heterocycles. The van der Waals surface area contributed by atoms with E-state index in [-0.39, 0.29) is 5.78 Å². The molecule has 0 fully saturated rings. The van der Waals surface area contributed by atoms with Crippen LogP contribution >= 0.6 is 0 Å². The molecule has 1 rings (SSSR count). The van der Waals surface area contributed by atoms with E-state index in [1.807, 2.05) is 6.07 Å². The summed E-state index contributed by atoms with van der Waals surface area (Å²) >= 11 is 0. The molecule has 0 N–H and O–H groups in total. The van der Waals surface area contributed by atoms with Crippen LogP contribution in [0.25, 0.3) is 0 Å². The number of hydrogen-bond acceptors (Lipinski definition) is 3. The van der Waals surface area contributed by atoms with Crippen molar-refractivity contribution in [2.45, 2.75) is 19.8 Å². The SMILES string of the molecule is CC(=O)CCc1ccncn1. The summed E-state index contributed by atoms with van der Waals surface area (Å²) in [6.07, 6.45) is 4.47. The average molecular weight is 150 g/mol. The molecule has 0 atom stereocenters. The lowest BCUT2D eigenvalue weighted by atomic mass is 10.2. The lowest BCUT2D eigenvalue weighted by Crippen LogP contribution is -1.96. The van der Waals surface area contributed by atoms with Crippen LogP contribution in [0.15, 0.2) is 18.6 Å². The third-order valence-corrected chi connectivity index (χ3v) is 1.38. The first-order valence-corrected chi connectivity index (χ1v) is 3.53. The zero-order valence-corrected chi connectivity index (χ0v) is 6.45. The minimum absolute atomic E-state index is 0.198. The van der Waals surface area contributed by atoms with Crippen LogP contribution in [0.3, 0.4) is 0 Å². The number of Topliss-reactive ketones (excluding diaryl/α,β-unsaturated/α-hetero) is 1. The molecule has 58 valence electrons. The van der Waals surface area contributed by atoms with E-state index in [0.29, 0.717) is 6.42 Å². The average Bonchev–Trinajstić information content (AvgIpc) is 2.03. The van der Waals surface area contributed by atoms with Crippen LogP contribution in [-0.2, 0) is 11.2 Å². The van der Waals surface area contributed by atoms with Gasteiger partial charge in [-0.25, -0.2) is 9.97 Å². The molecule has 0 bridgehead atoms. The minimum Gasteiger partial charge on any atom is -0.300 e. The zero-order valence-electron chi connectivity index (χ0n) is 6.45. The standard InChI is InChI=1S/C8H10N2O/c1-7(11)2-3-8-4-5-9-6-10-8/h4-6H,2-3H2,1H3. The number of carbonyl (C=O) groups is 1. The van der Waals surface area contributed by atoms with Crippen molar-refractivity contribution in [3.05, 3.63) is 24.3 Å². The fraction of sp³-hybridized carbons (Fsp3) is 0.375. The molecule has 0 aromatic carbocycles. The molecule has 0 saturated carbocycles. The number of carbonyl (C=O) groups excluding carboxylic acids is 1. The number of aromatic nitrogens is 2. The Kier molecular flexibility index (Phi) is 2.72. The van der Waals surface area contributed by atoms with Gasteiger partial charge < -0.3 is 4.79 Å². The Labute approximate surface area is 65.5 Å². The predicted molar refractivity (Wildman–Crippen MR) is 41.0 cm³/mol. The van der Waals surface area contributed by atoms with Gasteiger partial charge in [0.1, 0.15) is 12.1 Å². The summed E-state index contributed by atoms with van der Waals surface area (Å²) in [6.45, 7) is 1.58. The van der Waals surface area contributed by atoms with Gasteiger partial charge in [-0.2, -0.15) is 0 Å². The van der Waals surface area contributed by atoms with Crippen LogP contribution in [0.1, 0.15) is 19.0 Å². The number of rotatable bonds is 3. The Morgan fingerprint density at radius 1 is 1.64 bits per heavy atom. The third kappa shape index (κ3) is 2.89. The van der Waals surface area contributed by atoms with Crippen LogP contribution in [0, 0.1) is 0 Å². The molecule has 0 spiro atoms. The molecular weight excluding hydrogens is 140 g/mol. The van der Waals surface area contributed by atoms with Gasteiger partial charge in [0.05, 0.1) is 0 Å². The normalized spacial score (nSPS) is 9.55. The molecule has 0 radical (unpaired) electrons. The Hall–Kier alpha value is -1.25. The van der Waals surface area contributed by atoms with Crippen LogP contribution in [0.4, 0.5) is 0 Å². The molecule has 0 amide bonds. The molecule has 0 unspecified atom stereocenters. The monoisotopic (exact) mass is 150 g/mol. The van der Waals surface area contributed by atoms with Gasteiger partial charge in [0.25, 0.3) is 0 Å². The first kappa shape index (κ1) is 7.85. The lowest BCUT2D eigenvalue weighted by molar-refractivity contribution is -0.116. The quantitative estimate of drug-likeness (QED) is 0.645. The first-order chi connectivity index (χ1) is 5.29. The summed E-state index contributed by atoms with van der Waals surface area (Å²) < 4.78 is 0. The van der Waals surface area contributed by atoms with Crippen molar-refractivity contribution >= 4 is 5.78 Å². The van der Waals surface area contributed by atoms with E-state index in [1.165, 1.54) is 6.33 Å². The van der Waals surface area contributed by atoms with Crippen molar-refractivity contribution in [1.29, 1.82) is 0 Å². The fourth-order valence-corrected chi connectivity index (χ4v) is 0.770. The Bertz CT molecular complexity index is 233. The van der Waals surface area contributed by atoms with E-state index >= 15 is 0 Å². The molecule has 11 heavy (non-hydrogen) atoms. The second-order valence-corrected chi connectivity index (χ2v) is 2.40. The van der Waals surface area contributed by atoms with Gasteiger partial charge in [-0.05, 0) is 19.4 Å². The molecule has 1 aromatic rings. The van der Waals surface area contributed by atoms with Crippen molar-refractivity contribution < 1.29 is 4.79 Å². The van der Waals surface area contributed by atoms with Gasteiger partial charge >= 0.3 is 0 Å². The van der Waals surface area contributed by atoms with E-state index < -0.39 is 0 Å². The lowest BCUT2D eigenvalue weighted by Gasteiger charge is -1.94. The second-order valence-electron chi connectivity index (χ2n) is 2.40. The van der Waals surface area contributed by atoms with Crippen molar-refractivity contribution in [3.63, 3.8) is 0 Å². The summed E-state index contributed by atoms with van der Waals surface area (Å²) in [5, 5.41) is 0. The third-order valence-electron chi connectivity index (χ3n) is 1.38. The van der Waals surface area contributed by atoms with Crippen molar-refractivity contribution in [2.75, 3.05) is 0 Å². The summed E-state index contributed by atoms with van der Waals surface area (Å²) in [6, 6.07) is 1.82. The highest BCUT2D eigenvalue weighted by atomic mass is 16.1. The maximum atomic E-state index is 10.6. The summed E-state index contributed by atoms with van der Waals surface area (Å²) in [4.78, 5) is 18.3. The fourth-order valence-electron chi connectivity index (χ4n) is 0.770. The zero-order chi connectivity index (χ0) is 8.10. The predicted octanol–water partition coefficient (Wildman–Crippen LogP) is 0.998. The molecule has 0 aliphatic carbocycles. The van der Waals surface area contributed by atoms with E-state index in [1.54, 1.807) is 13.1 Å². The Balaban J connectivity index is 2.45. The first-order valence-electron chi connectivity index (χ1n) is 3.53. The Morgan fingerprint density at radius 3 is 3.00 bits per heavy atom. The van der Waals surface area contributed by atoms with E-state index in [4.69, 9.17) is 0 Å². The smallest absolute Gasteiger partial charge is 0.130 e. The molecule has 0 aliphatic rings. The van der Waals surface area contributed by atoms with Gasteiger partial charge in [-0.15, -0.1) is 0 Å². The van der Waals surface area contributed by atoms with Gasteiger partial charge in [0, 0.05) is 18.3 Å². The van der Waals surface area contributed by atoms with Crippen molar-refractivity contribution in [2.24, 2.45) is 0 Å². The number of hydrogen-bond donors (Lipinski definition) is 0. The minimum atomic E-state index is 0.198. The summed E-state index contributed by atoms with van der Waals surface area (Å²) in [5.41, 5.74) is 0.926. The van der Waals surface area contributed by atoms with Crippen molar-refractivity contribution in [3.8, 4) is 0 Å². The number of nitrogens with zero attached hydrogens (tertiary/aromatic N) is 2. The van der Waals surface area contributed by atoms with Crippen molar-refractivity contribution in [1.82, 2.24) is 9.97 Å². The molecule has 3 nitrogen and oxygen atoms in total. The number of ketones is 1. The molecule has 1 heterocycles. The molecule has 0 aliphatic heterocycles. The van der Waals surface area contributed by atoms with Crippen LogP contribution in [-0.4, -0.2) is 15.8 Å². The highest BCUT2D eigenvalue weighted by Gasteiger charge is 1.95. The molecular formula is C8H10N2O. The van der Waals surface area contributed by atoms with Crippen LogP contribution < -0.4 is 0 Å². The highest BCUT2D eigenvalue weighted by Crippen LogP contribution is 1.96. The maximum Gasteiger partial charge on any atom is 0.130 e. The largest absolute Gasteiger partial charge is 0.300 e. The topological polar surface area (TPSA) is 42.9 Å². The molecule has 1 aromatic heterocycles. The Morgan fingerprint density at radius 2 is 2.45 bits per heavy atom. The van der Waals surface area contributed by atoms with Gasteiger partial charge in [-0.1, -0.05) is 0 Å². The van der Waals surface area contributed by atoms with Gasteiger partial charge in [0.15, 0.2) is 0 Å². The maximum absolute atomic E-state index is 10.6.